The number of benzene rings is 1. The quantitative estimate of drug-likeness (QED) is 0.800. The molecular formula is C13H16B2ClF2NO2. The van der Waals surface area contributed by atoms with E-state index in [1.807, 2.05) is 0 Å². The topological polar surface area (TPSA) is 40.5 Å². The van der Waals surface area contributed by atoms with Crippen molar-refractivity contribution in [3.63, 3.8) is 0 Å². The number of alkyl halides is 1. The van der Waals surface area contributed by atoms with Crippen LogP contribution in [0.2, 0.25) is 5.02 Å². The van der Waals surface area contributed by atoms with Gasteiger partial charge in [-0.1, -0.05) is 11.6 Å². The molecule has 0 spiro atoms. The molecule has 0 saturated carbocycles. The Balaban J connectivity index is 2.08. The first-order valence-corrected chi connectivity index (χ1v) is 7.17. The van der Waals surface area contributed by atoms with Gasteiger partial charge in [0.25, 0.3) is 5.91 Å². The molecule has 8 heteroatoms. The maximum Gasteiger partial charge on any atom is 0.253 e. The molecule has 0 atom stereocenters. The van der Waals surface area contributed by atoms with E-state index >= 15 is 0 Å². The minimum atomic E-state index is -1.70. The Bertz CT molecular complexity index is 558. The maximum absolute atomic E-state index is 14.6. The van der Waals surface area contributed by atoms with Crippen LogP contribution >= 0.6 is 11.6 Å². The van der Waals surface area contributed by atoms with Crippen molar-refractivity contribution in [2.45, 2.75) is 23.9 Å². The summed E-state index contributed by atoms with van der Waals surface area (Å²) in [6, 6.07) is 3.76. The summed E-state index contributed by atoms with van der Waals surface area (Å²) in [6.07, 6.45) is 0.133. The zero-order valence-corrected chi connectivity index (χ0v) is 12.8. The molecule has 1 aromatic carbocycles. The van der Waals surface area contributed by atoms with Gasteiger partial charge < -0.3 is 10.0 Å². The van der Waals surface area contributed by atoms with Gasteiger partial charge in [0, 0.05) is 36.9 Å². The molecule has 1 amide bonds. The van der Waals surface area contributed by atoms with Crippen LogP contribution in [0.1, 0.15) is 23.2 Å². The van der Waals surface area contributed by atoms with Gasteiger partial charge in [-0.05, 0) is 18.2 Å². The minimum absolute atomic E-state index is 0.0666. The number of nitrogens with zero attached hydrogens (tertiary/aromatic N) is 1. The Morgan fingerprint density at radius 3 is 2.43 bits per heavy atom. The highest BCUT2D eigenvalue weighted by Crippen LogP contribution is 2.34. The average molecular weight is 313 g/mol. The van der Waals surface area contributed by atoms with Gasteiger partial charge in [0.05, 0.1) is 5.02 Å². The van der Waals surface area contributed by atoms with Gasteiger partial charge in [0.15, 0.2) is 0 Å². The fourth-order valence-electron chi connectivity index (χ4n) is 2.49. The Morgan fingerprint density at radius 1 is 1.38 bits per heavy atom. The van der Waals surface area contributed by atoms with E-state index in [0.717, 1.165) is 6.07 Å². The van der Waals surface area contributed by atoms with Gasteiger partial charge in [0.1, 0.15) is 27.2 Å². The van der Waals surface area contributed by atoms with Gasteiger partial charge in [-0.25, -0.2) is 8.78 Å². The first-order valence-electron chi connectivity index (χ1n) is 6.80. The number of likely N-dealkylation sites (tertiary alicyclic amines) is 1. The number of hydrogen-bond acceptors (Lipinski definition) is 2. The van der Waals surface area contributed by atoms with E-state index in [1.54, 1.807) is 0 Å². The molecule has 1 saturated heterocycles. The Morgan fingerprint density at radius 2 is 1.95 bits per heavy atom. The van der Waals surface area contributed by atoms with Crippen molar-refractivity contribution in [1.82, 2.24) is 4.90 Å². The van der Waals surface area contributed by atoms with E-state index in [0.29, 0.717) is 0 Å². The molecule has 0 bridgehead atoms. The van der Waals surface area contributed by atoms with E-state index in [4.69, 9.17) is 11.6 Å². The highest BCUT2D eigenvalue weighted by molar-refractivity contribution is 6.39. The van der Waals surface area contributed by atoms with Gasteiger partial charge in [-0.3, -0.25) is 4.79 Å². The number of carbonyl (C=O) groups excluding carboxylic acids is 1. The van der Waals surface area contributed by atoms with Crippen molar-refractivity contribution in [3.05, 3.63) is 34.6 Å². The van der Waals surface area contributed by atoms with Crippen LogP contribution in [-0.4, -0.2) is 55.8 Å². The van der Waals surface area contributed by atoms with E-state index in [1.165, 1.54) is 32.7 Å². The molecule has 1 fully saturated rings. The first-order chi connectivity index (χ1) is 9.64. The van der Waals surface area contributed by atoms with Crippen molar-refractivity contribution in [2.24, 2.45) is 0 Å². The SMILES string of the molecule is BC(B)(O)C1(F)CCN(C(=O)c2ccc(F)c(Cl)c2)CC1. The van der Waals surface area contributed by atoms with Crippen molar-refractivity contribution in [3.8, 4) is 0 Å². The summed E-state index contributed by atoms with van der Waals surface area (Å²) >= 11 is 5.66. The lowest BCUT2D eigenvalue weighted by atomic mass is 9.54. The molecule has 2 rings (SSSR count). The second-order valence-electron chi connectivity index (χ2n) is 5.95. The molecule has 1 aliphatic heterocycles. The first kappa shape index (κ1) is 16.3. The predicted molar refractivity (Wildman–Crippen MR) is 82.4 cm³/mol. The zero-order chi connectivity index (χ0) is 15.8. The van der Waals surface area contributed by atoms with Crippen LogP contribution in [-0.2, 0) is 0 Å². The van der Waals surface area contributed by atoms with Gasteiger partial charge in [-0.2, -0.15) is 0 Å². The van der Waals surface area contributed by atoms with Crippen LogP contribution in [0.4, 0.5) is 8.78 Å². The third kappa shape index (κ3) is 3.24. The number of carbonyl (C=O) groups is 1. The number of halogens is 3. The number of piperidine rings is 1. The number of rotatable bonds is 2. The summed E-state index contributed by atoms with van der Waals surface area (Å²) in [5.74, 6) is -0.897. The summed E-state index contributed by atoms with van der Waals surface area (Å²) in [4.78, 5) is 13.8. The van der Waals surface area contributed by atoms with Crippen molar-refractivity contribution in [2.75, 3.05) is 13.1 Å². The zero-order valence-electron chi connectivity index (χ0n) is 12.0. The monoisotopic (exact) mass is 313 g/mol. The summed E-state index contributed by atoms with van der Waals surface area (Å²) in [7, 11) is 2.87. The molecular weight excluding hydrogens is 297 g/mol. The molecule has 0 unspecified atom stereocenters. The van der Waals surface area contributed by atoms with Gasteiger partial charge in [-0.15, -0.1) is 0 Å². The maximum atomic E-state index is 14.6. The highest BCUT2D eigenvalue weighted by atomic mass is 35.5. The van der Waals surface area contributed by atoms with E-state index in [9.17, 15) is 18.7 Å². The Kier molecular flexibility index (Phi) is 4.36. The Hall–Kier alpha value is -1.07. The third-order valence-corrected chi connectivity index (χ3v) is 4.40. The fourth-order valence-corrected chi connectivity index (χ4v) is 2.67. The average Bonchev–Trinajstić information content (AvgIpc) is 2.41. The molecule has 0 radical (unpaired) electrons. The van der Waals surface area contributed by atoms with E-state index in [2.05, 4.69) is 0 Å². The normalized spacial score (nSPS) is 18.6. The minimum Gasteiger partial charge on any atom is -0.404 e. The molecule has 21 heavy (non-hydrogen) atoms. The molecule has 1 N–H and O–H groups in total. The van der Waals surface area contributed by atoms with Crippen LogP contribution in [0.3, 0.4) is 0 Å². The molecule has 1 aromatic rings. The van der Waals surface area contributed by atoms with Crippen LogP contribution in [0, 0.1) is 5.82 Å². The molecule has 112 valence electrons. The van der Waals surface area contributed by atoms with Crippen LogP contribution < -0.4 is 0 Å². The smallest absolute Gasteiger partial charge is 0.253 e. The molecule has 0 aromatic heterocycles. The number of amides is 1. The fraction of sp³-hybridized carbons (Fsp3) is 0.462. The van der Waals surface area contributed by atoms with E-state index < -0.39 is 16.9 Å². The van der Waals surface area contributed by atoms with Crippen LogP contribution in [0.25, 0.3) is 0 Å². The van der Waals surface area contributed by atoms with Crippen molar-refractivity contribution in [1.29, 1.82) is 0 Å². The summed E-state index contributed by atoms with van der Waals surface area (Å²) in [5, 5.41) is 8.31. The lowest BCUT2D eigenvalue weighted by Gasteiger charge is -2.43. The van der Waals surface area contributed by atoms with Gasteiger partial charge in [0.2, 0.25) is 0 Å². The second kappa shape index (κ2) is 5.61. The second-order valence-corrected chi connectivity index (χ2v) is 6.35. The Labute approximate surface area is 129 Å². The van der Waals surface area contributed by atoms with Crippen molar-refractivity contribution < 1.29 is 18.7 Å². The molecule has 1 aliphatic rings. The van der Waals surface area contributed by atoms with Crippen LogP contribution in [0.15, 0.2) is 18.2 Å². The number of hydrogen-bond donors (Lipinski definition) is 1. The predicted octanol–water partition coefficient (Wildman–Crippen LogP) is 0.336. The lowest BCUT2D eigenvalue weighted by Crippen LogP contribution is -2.58. The molecule has 1 heterocycles. The number of aliphatic hydroxyl groups is 1. The van der Waals surface area contributed by atoms with Gasteiger partial charge >= 0.3 is 0 Å². The summed E-state index contributed by atoms with van der Waals surface area (Å²) in [6.45, 7) is 0.405. The summed E-state index contributed by atoms with van der Waals surface area (Å²) < 4.78 is 27.7. The molecule has 3 nitrogen and oxygen atoms in total. The third-order valence-electron chi connectivity index (χ3n) is 4.11. The summed E-state index contributed by atoms with van der Waals surface area (Å²) in [5.41, 5.74) is -1.43. The van der Waals surface area contributed by atoms with E-state index in [-0.39, 0.29) is 42.4 Å². The van der Waals surface area contributed by atoms with Crippen molar-refractivity contribution >= 4 is 33.2 Å². The lowest BCUT2D eigenvalue weighted by molar-refractivity contribution is -0.0302. The largest absolute Gasteiger partial charge is 0.404 e. The molecule has 0 aliphatic carbocycles. The van der Waals surface area contributed by atoms with Crippen LogP contribution in [0.5, 0.6) is 0 Å². The standard InChI is InChI=1S/C13H16B2ClF2NO2/c14-13(15,21)12(18)3-5-19(6-4-12)11(20)8-1-2-10(17)9(16)7-8/h1-2,7,21H,3-6,14-15H2. The highest BCUT2D eigenvalue weighted by Gasteiger charge is 2.46.